The van der Waals surface area contributed by atoms with Gasteiger partial charge in [-0.15, -0.1) is 0 Å². The standard InChI is InChI=1S/C10H16N/c1-4-9-6-10(5-2)8-11(3)7-9/h6-8H,4-5H2,1-3H3/q+1. The second-order valence-electron chi connectivity index (χ2n) is 2.92. The summed E-state index contributed by atoms with van der Waals surface area (Å²) in [7, 11) is 2.08. The fourth-order valence-corrected chi connectivity index (χ4v) is 1.26. The molecule has 1 aromatic rings. The summed E-state index contributed by atoms with van der Waals surface area (Å²) in [6, 6.07) is 2.28. The summed E-state index contributed by atoms with van der Waals surface area (Å²) < 4.78 is 2.14. The van der Waals surface area contributed by atoms with E-state index in [-0.39, 0.29) is 0 Å². The lowest BCUT2D eigenvalue weighted by Crippen LogP contribution is -2.28. The Bertz CT molecular complexity index is 218. The van der Waals surface area contributed by atoms with Crippen molar-refractivity contribution in [2.45, 2.75) is 26.7 Å². The van der Waals surface area contributed by atoms with Crippen molar-refractivity contribution >= 4 is 0 Å². The van der Waals surface area contributed by atoms with Crippen LogP contribution in [-0.2, 0) is 19.9 Å². The predicted molar refractivity (Wildman–Crippen MR) is 46.4 cm³/mol. The van der Waals surface area contributed by atoms with Crippen LogP contribution in [0.2, 0.25) is 0 Å². The van der Waals surface area contributed by atoms with Crippen LogP contribution < -0.4 is 4.57 Å². The van der Waals surface area contributed by atoms with E-state index in [4.69, 9.17) is 0 Å². The highest BCUT2D eigenvalue weighted by atomic mass is 14.9. The van der Waals surface area contributed by atoms with Crippen LogP contribution in [0.15, 0.2) is 18.5 Å². The van der Waals surface area contributed by atoms with Crippen molar-refractivity contribution < 1.29 is 4.57 Å². The maximum Gasteiger partial charge on any atom is 0.171 e. The summed E-state index contributed by atoms with van der Waals surface area (Å²) in [5, 5.41) is 0. The highest BCUT2D eigenvalue weighted by Crippen LogP contribution is 2.01. The number of hydrogen-bond donors (Lipinski definition) is 0. The van der Waals surface area contributed by atoms with E-state index in [1.807, 2.05) is 0 Å². The molecule has 0 radical (unpaired) electrons. The fourth-order valence-electron chi connectivity index (χ4n) is 1.26. The molecule has 0 fully saturated rings. The van der Waals surface area contributed by atoms with E-state index in [1.165, 1.54) is 11.1 Å². The van der Waals surface area contributed by atoms with Crippen molar-refractivity contribution in [3.63, 3.8) is 0 Å². The summed E-state index contributed by atoms with van der Waals surface area (Å²) in [4.78, 5) is 0. The molecular formula is C10H16N+. The van der Waals surface area contributed by atoms with Gasteiger partial charge in [0, 0.05) is 11.1 Å². The summed E-state index contributed by atoms with van der Waals surface area (Å²) in [5.41, 5.74) is 2.85. The van der Waals surface area contributed by atoms with Gasteiger partial charge in [-0.2, -0.15) is 0 Å². The average Bonchev–Trinajstić information content (AvgIpc) is 2.03. The van der Waals surface area contributed by atoms with E-state index in [0.29, 0.717) is 0 Å². The zero-order valence-corrected chi connectivity index (χ0v) is 7.59. The molecule has 0 atom stereocenters. The van der Waals surface area contributed by atoms with Gasteiger partial charge in [-0.3, -0.25) is 0 Å². The van der Waals surface area contributed by atoms with Gasteiger partial charge >= 0.3 is 0 Å². The van der Waals surface area contributed by atoms with Gasteiger partial charge < -0.3 is 0 Å². The second kappa shape index (κ2) is 3.51. The summed E-state index contributed by atoms with van der Waals surface area (Å²) in [6.45, 7) is 4.38. The molecule has 0 aliphatic carbocycles. The van der Waals surface area contributed by atoms with Gasteiger partial charge in [0.1, 0.15) is 7.05 Å². The highest BCUT2D eigenvalue weighted by molar-refractivity contribution is 5.14. The minimum Gasteiger partial charge on any atom is -0.207 e. The SMILES string of the molecule is CCc1cc(CC)c[n+](C)c1. The van der Waals surface area contributed by atoms with Crippen LogP contribution in [0, 0.1) is 0 Å². The van der Waals surface area contributed by atoms with Gasteiger partial charge in [-0.1, -0.05) is 13.8 Å². The topological polar surface area (TPSA) is 3.88 Å². The molecule has 0 unspecified atom stereocenters. The molecule has 1 aromatic heterocycles. The zero-order valence-electron chi connectivity index (χ0n) is 7.59. The van der Waals surface area contributed by atoms with Gasteiger partial charge in [-0.05, 0) is 18.9 Å². The zero-order chi connectivity index (χ0) is 8.27. The predicted octanol–water partition coefficient (Wildman–Crippen LogP) is 1.64. The summed E-state index contributed by atoms with van der Waals surface area (Å²) in [5.74, 6) is 0. The maximum absolute atomic E-state index is 2.28. The van der Waals surface area contributed by atoms with Gasteiger partial charge in [0.25, 0.3) is 0 Å². The molecule has 0 spiro atoms. The van der Waals surface area contributed by atoms with E-state index in [9.17, 15) is 0 Å². The lowest BCUT2D eigenvalue weighted by Gasteiger charge is -1.97. The molecule has 1 heterocycles. The first kappa shape index (κ1) is 8.25. The Kier molecular flexibility index (Phi) is 2.64. The van der Waals surface area contributed by atoms with Crippen molar-refractivity contribution in [3.05, 3.63) is 29.6 Å². The number of rotatable bonds is 2. The van der Waals surface area contributed by atoms with E-state index >= 15 is 0 Å². The Morgan fingerprint density at radius 2 is 1.55 bits per heavy atom. The van der Waals surface area contributed by atoms with E-state index in [0.717, 1.165) is 12.8 Å². The fraction of sp³-hybridized carbons (Fsp3) is 0.500. The monoisotopic (exact) mass is 150 g/mol. The Balaban J connectivity index is 3.02. The normalized spacial score (nSPS) is 10.1. The first-order valence-electron chi connectivity index (χ1n) is 4.24. The molecule has 60 valence electrons. The van der Waals surface area contributed by atoms with Crippen LogP contribution in [0.4, 0.5) is 0 Å². The van der Waals surface area contributed by atoms with Gasteiger partial charge in [-0.25, -0.2) is 4.57 Å². The molecule has 0 amide bonds. The number of pyridine rings is 1. The van der Waals surface area contributed by atoms with Crippen molar-refractivity contribution in [2.75, 3.05) is 0 Å². The number of hydrogen-bond acceptors (Lipinski definition) is 0. The van der Waals surface area contributed by atoms with Crippen LogP contribution in [0.3, 0.4) is 0 Å². The van der Waals surface area contributed by atoms with Gasteiger partial charge in [0.2, 0.25) is 0 Å². The maximum atomic E-state index is 2.28. The Morgan fingerprint density at radius 3 is 1.91 bits per heavy atom. The quantitative estimate of drug-likeness (QED) is 0.564. The first-order valence-corrected chi connectivity index (χ1v) is 4.24. The molecule has 0 bridgehead atoms. The third-order valence-corrected chi connectivity index (χ3v) is 1.93. The minimum atomic E-state index is 1.13. The Labute approximate surface area is 68.7 Å². The summed E-state index contributed by atoms with van der Waals surface area (Å²) >= 11 is 0. The molecule has 0 aromatic carbocycles. The van der Waals surface area contributed by atoms with Crippen molar-refractivity contribution in [1.82, 2.24) is 0 Å². The van der Waals surface area contributed by atoms with Gasteiger partial charge in [0.05, 0.1) is 0 Å². The van der Waals surface area contributed by atoms with Crippen molar-refractivity contribution in [2.24, 2.45) is 7.05 Å². The third-order valence-electron chi connectivity index (χ3n) is 1.93. The molecule has 11 heavy (non-hydrogen) atoms. The smallest absolute Gasteiger partial charge is 0.171 e. The van der Waals surface area contributed by atoms with Crippen molar-refractivity contribution in [3.8, 4) is 0 Å². The number of aryl methyl sites for hydroxylation is 3. The van der Waals surface area contributed by atoms with Crippen LogP contribution in [-0.4, -0.2) is 0 Å². The van der Waals surface area contributed by atoms with Crippen LogP contribution in [0.1, 0.15) is 25.0 Å². The molecule has 0 saturated heterocycles. The largest absolute Gasteiger partial charge is 0.207 e. The number of nitrogens with zero attached hydrogens (tertiary/aromatic N) is 1. The minimum absolute atomic E-state index is 1.13. The lowest BCUT2D eigenvalue weighted by molar-refractivity contribution is -0.672. The Morgan fingerprint density at radius 1 is 1.09 bits per heavy atom. The molecule has 0 aliphatic rings. The average molecular weight is 150 g/mol. The third kappa shape index (κ3) is 2.04. The van der Waals surface area contributed by atoms with E-state index in [2.05, 4.69) is 43.9 Å². The van der Waals surface area contributed by atoms with Crippen LogP contribution in [0.5, 0.6) is 0 Å². The molecule has 1 nitrogen and oxygen atoms in total. The molecule has 0 saturated carbocycles. The molecular weight excluding hydrogens is 134 g/mol. The second-order valence-corrected chi connectivity index (χ2v) is 2.92. The van der Waals surface area contributed by atoms with Crippen LogP contribution in [0.25, 0.3) is 0 Å². The lowest BCUT2D eigenvalue weighted by atomic mass is 10.1. The number of aromatic nitrogens is 1. The van der Waals surface area contributed by atoms with E-state index in [1.54, 1.807) is 0 Å². The van der Waals surface area contributed by atoms with Crippen molar-refractivity contribution in [1.29, 1.82) is 0 Å². The highest BCUT2D eigenvalue weighted by Gasteiger charge is 1.99. The summed E-state index contributed by atoms with van der Waals surface area (Å²) in [6.07, 6.45) is 6.61. The first-order chi connectivity index (χ1) is 5.26. The molecule has 1 heteroatoms. The Hall–Kier alpha value is -0.850. The molecule has 0 aliphatic heterocycles. The molecule has 0 N–H and O–H groups in total. The molecule has 1 rings (SSSR count). The van der Waals surface area contributed by atoms with Gasteiger partial charge in [0.15, 0.2) is 12.4 Å². The van der Waals surface area contributed by atoms with E-state index < -0.39 is 0 Å². The van der Waals surface area contributed by atoms with Crippen LogP contribution >= 0.6 is 0 Å².